The molecule has 1 aliphatic heterocycles. The van der Waals surface area contributed by atoms with Gasteiger partial charge in [-0.2, -0.15) is 0 Å². The van der Waals surface area contributed by atoms with Crippen molar-refractivity contribution in [1.29, 1.82) is 0 Å². The number of nitrogens with zero attached hydrogens (tertiary/aromatic N) is 2. The highest BCUT2D eigenvalue weighted by atomic mass is 16.5. The van der Waals surface area contributed by atoms with E-state index in [4.69, 9.17) is 9.72 Å². The summed E-state index contributed by atoms with van der Waals surface area (Å²) >= 11 is 0. The van der Waals surface area contributed by atoms with Gasteiger partial charge in [-0.3, -0.25) is 14.6 Å². The zero-order chi connectivity index (χ0) is 22.9. The van der Waals surface area contributed by atoms with Gasteiger partial charge in [-0.05, 0) is 53.7 Å². The maximum atomic E-state index is 12.9. The lowest BCUT2D eigenvalue weighted by Gasteiger charge is -2.32. The molecule has 0 spiro atoms. The number of fused-ring (bicyclic) bond motifs is 1. The Bertz CT molecular complexity index is 1140. The first-order chi connectivity index (χ1) is 16.0. The molecule has 5 heteroatoms. The molecule has 1 unspecified atom stereocenters. The number of amides is 1. The van der Waals surface area contributed by atoms with Crippen LogP contribution in [0.25, 0.3) is 11.6 Å². The molecule has 1 saturated carbocycles. The van der Waals surface area contributed by atoms with Crippen LogP contribution in [0.1, 0.15) is 47.8 Å². The Labute approximate surface area is 195 Å². The molecule has 1 aromatic heterocycles. The van der Waals surface area contributed by atoms with Crippen LogP contribution in [-0.4, -0.2) is 41.8 Å². The number of aromatic nitrogens is 1. The van der Waals surface area contributed by atoms with E-state index in [9.17, 15) is 9.59 Å². The first-order valence-corrected chi connectivity index (χ1v) is 11.8. The predicted octanol–water partition coefficient (Wildman–Crippen LogP) is 4.29. The molecule has 2 aromatic rings. The van der Waals surface area contributed by atoms with Crippen LogP contribution in [0.5, 0.6) is 5.75 Å². The smallest absolute Gasteiger partial charge is 0.227 e. The van der Waals surface area contributed by atoms with Crippen LogP contribution in [-0.2, 0) is 28.9 Å². The first-order valence-electron chi connectivity index (χ1n) is 11.8. The summed E-state index contributed by atoms with van der Waals surface area (Å²) in [6.45, 7) is 3.48. The second-order valence-corrected chi connectivity index (χ2v) is 9.43. The van der Waals surface area contributed by atoms with Crippen molar-refractivity contribution in [3.63, 3.8) is 0 Å². The van der Waals surface area contributed by atoms with E-state index in [0.717, 1.165) is 42.0 Å². The molecule has 3 aliphatic rings. The average Bonchev–Trinajstić information content (AvgIpc) is 3.57. The summed E-state index contributed by atoms with van der Waals surface area (Å²) in [5.74, 6) is 1.71. The van der Waals surface area contributed by atoms with Crippen LogP contribution in [0.2, 0.25) is 0 Å². The Morgan fingerprint density at radius 2 is 1.94 bits per heavy atom. The molecule has 5 nitrogen and oxygen atoms in total. The normalized spacial score (nSPS) is 19.3. The molecule has 1 aromatic carbocycles. The fourth-order valence-corrected chi connectivity index (χ4v) is 4.88. The van der Waals surface area contributed by atoms with Gasteiger partial charge in [0, 0.05) is 43.1 Å². The minimum absolute atomic E-state index is 0.137. The second-order valence-electron chi connectivity index (χ2n) is 9.43. The third-order valence-electron chi connectivity index (χ3n) is 6.91. The van der Waals surface area contributed by atoms with Gasteiger partial charge in [0.25, 0.3) is 0 Å². The quantitative estimate of drug-likeness (QED) is 0.642. The molecule has 0 N–H and O–H groups in total. The molecule has 170 valence electrons. The summed E-state index contributed by atoms with van der Waals surface area (Å²) < 4.78 is 5.20. The summed E-state index contributed by atoms with van der Waals surface area (Å²) in [4.78, 5) is 32.1. The van der Waals surface area contributed by atoms with Gasteiger partial charge in [-0.25, -0.2) is 0 Å². The number of benzene rings is 1. The molecular formula is C28H30N2O3. The van der Waals surface area contributed by atoms with E-state index < -0.39 is 0 Å². The molecule has 0 saturated heterocycles. The Kier molecular flexibility index (Phi) is 5.88. The van der Waals surface area contributed by atoms with E-state index in [1.807, 2.05) is 29.2 Å². The molecule has 33 heavy (non-hydrogen) atoms. The standard InChI is InChI=1S/C28H30N2O3/c1-18-17-30(28(32)14-19-6-10-22(33-2)11-7-19)13-12-23(18)25-15-21(16-27(31)20-8-9-20)29-26-5-3-4-24(25)26/h3-4,6-7,10-12,15,18,20H,5,8-9,13-14,16-17H2,1-2H3. The van der Waals surface area contributed by atoms with Crippen molar-refractivity contribution in [3.8, 4) is 5.75 Å². The molecular weight excluding hydrogens is 412 g/mol. The third kappa shape index (κ3) is 4.63. The number of allylic oxidation sites excluding steroid dienone is 1. The fourth-order valence-electron chi connectivity index (χ4n) is 4.88. The summed E-state index contributed by atoms with van der Waals surface area (Å²) in [5, 5.41) is 0. The zero-order valence-corrected chi connectivity index (χ0v) is 19.3. The van der Waals surface area contributed by atoms with E-state index in [1.54, 1.807) is 7.11 Å². The van der Waals surface area contributed by atoms with Gasteiger partial charge in [0.15, 0.2) is 0 Å². The topological polar surface area (TPSA) is 59.5 Å². The summed E-state index contributed by atoms with van der Waals surface area (Å²) in [5.41, 5.74) is 6.56. The Morgan fingerprint density at radius 1 is 1.15 bits per heavy atom. The van der Waals surface area contributed by atoms with Crippen LogP contribution >= 0.6 is 0 Å². The lowest BCUT2D eigenvalue weighted by atomic mass is 9.87. The molecule has 0 bridgehead atoms. The summed E-state index contributed by atoms with van der Waals surface area (Å²) in [6.07, 6.45) is 10.2. The van der Waals surface area contributed by atoms with E-state index in [2.05, 4.69) is 31.2 Å². The number of carbonyl (C=O) groups excluding carboxylic acids is 2. The lowest BCUT2D eigenvalue weighted by Crippen LogP contribution is -2.39. The second kappa shape index (κ2) is 8.97. The molecule has 2 heterocycles. The fraction of sp³-hybridized carbons (Fsp3) is 0.393. The molecule has 5 rings (SSSR count). The van der Waals surface area contributed by atoms with Crippen molar-refractivity contribution in [2.24, 2.45) is 11.8 Å². The third-order valence-corrected chi connectivity index (χ3v) is 6.91. The molecule has 0 radical (unpaired) electrons. The van der Waals surface area contributed by atoms with Crippen molar-refractivity contribution in [3.05, 3.63) is 70.6 Å². The van der Waals surface area contributed by atoms with Gasteiger partial charge < -0.3 is 9.64 Å². The number of pyridine rings is 1. The Morgan fingerprint density at radius 3 is 2.64 bits per heavy atom. The number of ketones is 1. The Balaban J connectivity index is 1.33. The first kappa shape index (κ1) is 21.6. The maximum Gasteiger partial charge on any atom is 0.227 e. The van der Waals surface area contributed by atoms with Crippen LogP contribution < -0.4 is 4.74 Å². The lowest BCUT2D eigenvalue weighted by molar-refractivity contribution is -0.130. The van der Waals surface area contributed by atoms with Crippen molar-refractivity contribution < 1.29 is 14.3 Å². The van der Waals surface area contributed by atoms with Crippen molar-refractivity contribution in [2.75, 3.05) is 20.2 Å². The monoisotopic (exact) mass is 442 g/mol. The minimum Gasteiger partial charge on any atom is -0.497 e. The predicted molar refractivity (Wildman–Crippen MR) is 129 cm³/mol. The van der Waals surface area contributed by atoms with Gasteiger partial charge in [-0.15, -0.1) is 0 Å². The van der Waals surface area contributed by atoms with Crippen molar-refractivity contribution >= 4 is 23.3 Å². The van der Waals surface area contributed by atoms with Crippen LogP contribution in [0.4, 0.5) is 0 Å². The summed E-state index contributed by atoms with van der Waals surface area (Å²) in [6, 6.07) is 9.79. The van der Waals surface area contributed by atoms with Crippen molar-refractivity contribution in [2.45, 2.75) is 39.0 Å². The number of carbonyl (C=O) groups is 2. The molecule has 2 aliphatic carbocycles. The minimum atomic E-state index is 0.137. The largest absolute Gasteiger partial charge is 0.497 e. The number of ether oxygens (including phenoxy) is 1. The highest BCUT2D eigenvalue weighted by Crippen LogP contribution is 2.36. The summed E-state index contributed by atoms with van der Waals surface area (Å²) in [7, 11) is 1.64. The van der Waals surface area contributed by atoms with Crippen LogP contribution in [0.15, 0.2) is 42.5 Å². The van der Waals surface area contributed by atoms with Crippen LogP contribution in [0.3, 0.4) is 0 Å². The van der Waals surface area contributed by atoms with Crippen LogP contribution in [0, 0.1) is 11.8 Å². The highest BCUT2D eigenvalue weighted by Gasteiger charge is 2.31. The van der Waals surface area contributed by atoms with Gasteiger partial charge in [0.2, 0.25) is 5.91 Å². The van der Waals surface area contributed by atoms with E-state index >= 15 is 0 Å². The number of Topliss-reactive ketones (excluding diaryl/α,β-unsaturated/α-hetero) is 1. The molecule has 1 atom stereocenters. The van der Waals surface area contributed by atoms with Gasteiger partial charge >= 0.3 is 0 Å². The maximum absolute atomic E-state index is 12.9. The number of hydrogen-bond acceptors (Lipinski definition) is 4. The van der Waals surface area contributed by atoms with Gasteiger partial charge in [0.05, 0.1) is 19.2 Å². The van der Waals surface area contributed by atoms with Gasteiger partial charge in [0.1, 0.15) is 11.5 Å². The van der Waals surface area contributed by atoms with Crippen molar-refractivity contribution in [1.82, 2.24) is 9.88 Å². The van der Waals surface area contributed by atoms with E-state index in [0.29, 0.717) is 31.7 Å². The zero-order valence-electron chi connectivity index (χ0n) is 19.3. The average molecular weight is 443 g/mol. The molecule has 1 fully saturated rings. The van der Waals surface area contributed by atoms with E-state index in [1.165, 1.54) is 16.7 Å². The number of hydrogen-bond donors (Lipinski definition) is 0. The Hall–Kier alpha value is -3.21. The SMILES string of the molecule is COc1ccc(CC(=O)N2CC=C(c3cc(CC(=O)C4CC4)nc4c3C=CC4)C(C)C2)cc1. The molecule has 1 amide bonds. The highest BCUT2D eigenvalue weighted by molar-refractivity contribution is 5.86. The number of rotatable bonds is 7. The van der Waals surface area contributed by atoms with E-state index in [-0.39, 0.29) is 17.7 Å². The van der Waals surface area contributed by atoms with Gasteiger partial charge in [-0.1, -0.05) is 37.3 Å². The number of methoxy groups -OCH3 is 1.